The highest BCUT2D eigenvalue weighted by Gasteiger charge is 2.55. The average molecular weight is 386 g/mol. The summed E-state index contributed by atoms with van der Waals surface area (Å²) in [7, 11) is 3.59. The second-order valence-corrected chi connectivity index (χ2v) is 8.88. The molecule has 6 nitrogen and oxygen atoms in total. The number of ether oxygens (including phenoxy) is 1. The van der Waals surface area contributed by atoms with Crippen LogP contribution in [0.25, 0.3) is 0 Å². The Morgan fingerprint density at radius 3 is 2.54 bits per heavy atom. The van der Waals surface area contributed by atoms with Gasteiger partial charge in [-0.3, -0.25) is 14.5 Å². The number of aliphatic carboxylic acids is 1. The third-order valence-corrected chi connectivity index (χ3v) is 6.99. The number of nitrogens with zero attached hydrogens (tertiary/aromatic N) is 2. The molecule has 1 N–H and O–H groups in total. The van der Waals surface area contributed by atoms with Crippen molar-refractivity contribution < 1.29 is 19.4 Å². The summed E-state index contributed by atoms with van der Waals surface area (Å²) >= 11 is 0. The van der Waals surface area contributed by atoms with Gasteiger partial charge in [0.1, 0.15) is 11.8 Å². The van der Waals surface area contributed by atoms with E-state index in [2.05, 4.69) is 12.1 Å². The maximum atomic E-state index is 13.3. The fourth-order valence-electron chi connectivity index (χ4n) is 5.22. The first-order chi connectivity index (χ1) is 13.4. The summed E-state index contributed by atoms with van der Waals surface area (Å²) in [6.07, 6.45) is 4.62. The summed E-state index contributed by atoms with van der Waals surface area (Å²) in [6, 6.07) is 7.62. The lowest BCUT2D eigenvalue weighted by Gasteiger charge is -2.43. The van der Waals surface area contributed by atoms with Crippen LogP contribution in [0.3, 0.4) is 0 Å². The number of amides is 1. The van der Waals surface area contributed by atoms with E-state index in [1.54, 1.807) is 7.11 Å². The third-order valence-electron chi connectivity index (χ3n) is 6.99. The first kappa shape index (κ1) is 19.2. The monoisotopic (exact) mass is 386 g/mol. The summed E-state index contributed by atoms with van der Waals surface area (Å²) in [5.41, 5.74) is 1.40. The minimum Gasteiger partial charge on any atom is -0.497 e. The van der Waals surface area contributed by atoms with Gasteiger partial charge in [-0.05, 0) is 68.2 Å². The molecule has 152 valence electrons. The maximum Gasteiger partial charge on any atom is 0.308 e. The second-order valence-electron chi connectivity index (χ2n) is 8.88. The van der Waals surface area contributed by atoms with Gasteiger partial charge in [0.15, 0.2) is 0 Å². The van der Waals surface area contributed by atoms with Crippen molar-refractivity contribution in [1.82, 2.24) is 9.80 Å². The van der Waals surface area contributed by atoms with Gasteiger partial charge in [-0.2, -0.15) is 0 Å². The molecule has 0 radical (unpaired) electrons. The normalized spacial score (nSPS) is 27.6. The number of hydrogen-bond acceptors (Lipinski definition) is 4. The van der Waals surface area contributed by atoms with Crippen molar-refractivity contribution in [3.8, 4) is 5.75 Å². The Balaban J connectivity index is 1.42. The number of likely N-dealkylation sites (N-methyl/N-ethyl adjacent to an activating group) is 1. The molecule has 1 spiro atoms. The molecule has 2 atom stereocenters. The van der Waals surface area contributed by atoms with E-state index in [1.165, 1.54) is 5.56 Å². The molecule has 3 fully saturated rings. The Labute approximate surface area is 166 Å². The lowest BCUT2D eigenvalue weighted by atomic mass is 9.80. The number of carboxylic acids is 1. The van der Waals surface area contributed by atoms with E-state index in [0.717, 1.165) is 38.0 Å². The van der Waals surface area contributed by atoms with Crippen LogP contribution in [-0.4, -0.2) is 66.6 Å². The summed E-state index contributed by atoms with van der Waals surface area (Å²) in [4.78, 5) is 29.0. The number of benzene rings is 1. The van der Waals surface area contributed by atoms with E-state index in [0.29, 0.717) is 25.4 Å². The molecule has 2 heterocycles. The van der Waals surface area contributed by atoms with Crippen molar-refractivity contribution in [2.45, 2.75) is 44.1 Å². The van der Waals surface area contributed by atoms with Crippen molar-refractivity contribution in [1.29, 1.82) is 0 Å². The van der Waals surface area contributed by atoms with Crippen LogP contribution in [0.1, 0.15) is 43.6 Å². The lowest BCUT2D eigenvalue weighted by Crippen LogP contribution is -2.58. The SMILES string of the molecule is COc1cccc(C2CCN(C(=O)C3C(C(=O)O)CC4(CC4)CN3C)CC2)c1. The Morgan fingerprint density at radius 1 is 1.21 bits per heavy atom. The number of piperidine rings is 2. The van der Waals surface area contributed by atoms with E-state index in [9.17, 15) is 14.7 Å². The predicted molar refractivity (Wildman–Crippen MR) is 105 cm³/mol. The van der Waals surface area contributed by atoms with Crippen LogP contribution in [0.4, 0.5) is 0 Å². The number of carboxylic acid groups (broad SMARTS) is 1. The van der Waals surface area contributed by atoms with Crippen LogP contribution in [0.2, 0.25) is 0 Å². The zero-order chi connectivity index (χ0) is 19.9. The summed E-state index contributed by atoms with van der Waals surface area (Å²) in [6.45, 7) is 2.21. The van der Waals surface area contributed by atoms with Crippen LogP contribution < -0.4 is 4.74 Å². The Bertz CT molecular complexity index is 753. The van der Waals surface area contributed by atoms with Crippen molar-refractivity contribution in [3.05, 3.63) is 29.8 Å². The van der Waals surface area contributed by atoms with E-state index in [4.69, 9.17) is 4.74 Å². The molecule has 0 bridgehead atoms. The lowest BCUT2D eigenvalue weighted by molar-refractivity contribution is -0.156. The Kier molecular flexibility index (Phi) is 5.08. The van der Waals surface area contributed by atoms with Crippen LogP contribution in [-0.2, 0) is 9.59 Å². The van der Waals surface area contributed by atoms with Gasteiger partial charge in [0.25, 0.3) is 0 Å². The predicted octanol–water partition coefficient (Wildman–Crippen LogP) is 2.59. The standard InChI is InChI=1S/C22H30N2O4/c1-23-14-22(8-9-22)13-18(21(26)27)19(23)20(25)24-10-6-15(7-11-24)16-4-3-5-17(12-16)28-2/h3-5,12,15,18-19H,6-11,13-14H2,1-2H3,(H,26,27). The quantitative estimate of drug-likeness (QED) is 0.861. The number of hydrogen-bond donors (Lipinski definition) is 1. The van der Waals surface area contributed by atoms with E-state index in [-0.39, 0.29) is 11.3 Å². The van der Waals surface area contributed by atoms with Gasteiger partial charge in [0, 0.05) is 19.6 Å². The topological polar surface area (TPSA) is 70.1 Å². The molecule has 1 saturated carbocycles. The van der Waals surface area contributed by atoms with Gasteiger partial charge in [-0.1, -0.05) is 12.1 Å². The van der Waals surface area contributed by atoms with E-state index < -0.39 is 17.9 Å². The highest BCUT2D eigenvalue weighted by atomic mass is 16.5. The second kappa shape index (κ2) is 7.39. The van der Waals surface area contributed by atoms with E-state index >= 15 is 0 Å². The molecule has 1 aromatic carbocycles. The molecule has 1 amide bonds. The third kappa shape index (κ3) is 3.62. The number of rotatable bonds is 4. The fraction of sp³-hybridized carbons (Fsp3) is 0.636. The van der Waals surface area contributed by atoms with Crippen molar-refractivity contribution in [2.24, 2.45) is 11.3 Å². The molecular formula is C22H30N2O4. The number of methoxy groups -OCH3 is 1. The molecule has 2 saturated heterocycles. The van der Waals surface area contributed by atoms with Gasteiger partial charge in [-0.25, -0.2) is 0 Å². The molecule has 2 aliphatic heterocycles. The number of carbonyl (C=O) groups excluding carboxylic acids is 1. The molecular weight excluding hydrogens is 356 g/mol. The van der Waals surface area contributed by atoms with Crippen LogP contribution in [0, 0.1) is 11.3 Å². The fourth-order valence-corrected chi connectivity index (χ4v) is 5.22. The van der Waals surface area contributed by atoms with Crippen LogP contribution >= 0.6 is 0 Å². The number of carbonyl (C=O) groups is 2. The average Bonchev–Trinajstić information content (AvgIpc) is 3.45. The Hall–Kier alpha value is -2.08. The van der Waals surface area contributed by atoms with E-state index in [1.807, 2.05) is 29.0 Å². The van der Waals surface area contributed by atoms with Crippen LogP contribution in [0.5, 0.6) is 5.75 Å². The highest BCUT2D eigenvalue weighted by molar-refractivity contribution is 5.88. The first-order valence-electron chi connectivity index (χ1n) is 10.3. The molecule has 2 unspecified atom stereocenters. The molecule has 4 rings (SSSR count). The largest absolute Gasteiger partial charge is 0.497 e. The molecule has 1 aliphatic carbocycles. The minimum atomic E-state index is -0.831. The van der Waals surface area contributed by atoms with Gasteiger partial charge in [0.2, 0.25) is 5.91 Å². The zero-order valence-electron chi connectivity index (χ0n) is 16.8. The van der Waals surface area contributed by atoms with Gasteiger partial charge in [-0.15, -0.1) is 0 Å². The molecule has 28 heavy (non-hydrogen) atoms. The molecule has 6 heteroatoms. The maximum absolute atomic E-state index is 13.3. The van der Waals surface area contributed by atoms with Crippen molar-refractivity contribution in [2.75, 3.05) is 33.8 Å². The van der Waals surface area contributed by atoms with Crippen LogP contribution in [0.15, 0.2) is 24.3 Å². The summed E-state index contributed by atoms with van der Waals surface area (Å²) in [5.74, 6) is -0.159. The highest BCUT2D eigenvalue weighted by Crippen LogP contribution is 2.54. The molecule has 0 aromatic heterocycles. The first-order valence-corrected chi connectivity index (χ1v) is 10.3. The summed E-state index contributed by atoms with van der Waals surface area (Å²) < 4.78 is 5.33. The van der Waals surface area contributed by atoms with Crippen molar-refractivity contribution in [3.63, 3.8) is 0 Å². The molecule has 1 aromatic rings. The number of likely N-dealkylation sites (tertiary alicyclic amines) is 2. The van der Waals surface area contributed by atoms with Crippen molar-refractivity contribution >= 4 is 11.9 Å². The smallest absolute Gasteiger partial charge is 0.308 e. The van der Waals surface area contributed by atoms with Gasteiger partial charge < -0.3 is 14.7 Å². The Morgan fingerprint density at radius 2 is 1.93 bits per heavy atom. The summed E-state index contributed by atoms with van der Waals surface area (Å²) in [5, 5.41) is 9.76. The molecule has 3 aliphatic rings. The zero-order valence-corrected chi connectivity index (χ0v) is 16.8. The minimum absolute atomic E-state index is 0.00510. The van der Waals surface area contributed by atoms with Gasteiger partial charge >= 0.3 is 5.97 Å². The van der Waals surface area contributed by atoms with Gasteiger partial charge in [0.05, 0.1) is 13.0 Å².